The van der Waals surface area contributed by atoms with Crippen molar-refractivity contribution in [3.63, 3.8) is 0 Å². The molecule has 0 bridgehead atoms. The predicted molar refractivity (Wildman–Crippen MR) is 146 cm³/mol. The average molecular weight is 500 g/mol. The molecule has 6 nitrogen and oxygen atoms in total. The van der Waals surface area contributed by atoms with Crippen LogP contribution in [0.1, 0.15) is 62.8 Å². The molecule has 194 valence electrons. The summed E-state index contributed by atoms with van der Waals surface area (Å²) in [5.74, 6) is 0.244. The number of hydrogen-bond donors (Lipinski definition) is 0. The van der Waals surface area contributed by atoms with Crippen molar-refractivity contribution in [3.05, 3.63) is 111 Å². The van der Waals surface area contributed by atoms with Crippen molar-refractivity contribution in [2.24, 2.45) is 11.8 Å². The fourth-order valence-corrected chi connectivity index (χ4v) is 5.40. The quantitative estimate of drug-likeness (QED) is 0.179. The van der Waals surface area contributed by atoms with Crippen LogP contribution in [0.25, 0.3) is 5.32 Å². The molecular weight excluding hydrogens is 464 g/mol. The van der Waals surface area contributed by atoms with Gasteiger partial charge in [0.05, 0.1) is 4.92 Å². The Balaban J connectivity index is 1.61. The molecule has 0 radical (unpaired) electrons. The van der Waals surface area contributed by atoms with E-state index in [0.717, 1.165) is 30.4 Å². The van der Waals surface area contributed by atoms with Gasteiger partial charge in [-0.3, -0.25) is 14.9 Å². The number of nitro groups is 1. The molecule has 0 N–H and O–H groups in total. The molecule has 0 unspecified atom stereocenters. The van der Waals surface area contributed by atoms with Gasteiger partial charge >= 0.3 is 0 Å². The zero-order valence-electron chi connectivity index (χ0n) is 22.0. The van der Waals surface area contributed by atoms with E-state index in [4.69, 9.17) is 10.1 Å². The Kier molecular flexibility index (Phi) is 7.96. The molecule has 6 heteroatoms. The first kappa shape index (κ1) is 26.4. The van der Waals surface area contributed by atoms with Crippen molar-refractivity contribution in [2.75, 3.05) is 0 Å². The average Bonchev–Trinajstić information content (AvgIpc) is 2.88. The number of benzene rings is 3. The Morgan fingerprint density at radius 2 is 1.65 bits per heavy atom. The standard InChI is InChI=1S/C31H35N2O4/c1-21-10-13-23(14-11-21)29(32-25-15-17-26(18-16-25)33(35)36)30(34)37-28-20-22(2)12-19-27(28)31(3,4)24-8-6-5-7-9-24/h5-11,13-18,22,27-29H,12,19-20H2,1-4H3/q-1/t22-,27-,28-,29-/m1/s1. The van der Waals surface area contributed by atoms with Crippen LogP contribution < -0.4 is 0 Å². The summed E-state index contributed by atoms with van der Waals surface area (Å²) in [4.78, 5) is 24.4. The summed E-state index contributed by atoms with van der Waals surface area (Å²) >= 11 is 0. The molecule has 1 fully saturated rings. The van der Waals surface area contributed by atoms with Crippen LogP contribution in [0.2, 0.25) is 0 Å². The molecular formula is C31H35N2O4-. The van der Waals surface area contributed by atoms with Crippen LogP contribution in [0.4, 0.5) is 11.4 Å². The third kappa shape index (κ3) is 6.19. The van der Waals surface area contributed by atoms with Crippen LogP contribution in [0, 0.1) is 28.9 Å². The highest BCUT2D eigenvalue weighted by Gasteiger charge is 2.42. The maximum Gasteiger partial charge on any atom is 0.295 e. The molecule has 4 rings (SSSR count). The van der Waals surface area contributed by atoms with Gasteiger partial charge < -0.3 is 10.1 Å². The maximum atomic E-state index is 13.8. The zero-order chi connectivity index (χ0) is 26.6. The van der Waals surface area contributed by atoms with Gasteiger partial charge in [-0.05, 0) is 36.7 Å². The number of rotatable bonds is 8. The van der Waals surface area contributed by atoms with Gasteiger partial charge in [-0.25, -0.2) is 0 Å². The number of nitrogens with zero attached hydrogens (tertiary/aromatic N) is 2. The lowest BCUT2D eigenvalue weighted by Crippen LogP contribution is -2.44. The van der Waals surface area contributed by atoms with E-state index in [1.54, 1.807) is 12.1 Å². The Bertz CT molecular complexity index is 1210. The van der Waals surface area contributed by atoms with Gasteiger partial charge in [0.2, 0.25) is 0 Å². The maximum absolute atomic E-state index is 13.8. The minimum atomic E-state index is -0.861. The second-order valence-corrected chi connectivity index (χ2v) is 10.8. The summed E-state index contributed by atoms with van der Waals surface area (Å²) in [5, 5.41) is 15.8. The Morgan fingerprint density at radius 3 is 2.27 bits per heavy atom. The third-order valence-corrected chi connectivity index (χ3v) is 7.72. The number of aryl methyl sites for hydroxylation is 1. The van der Waals surface area contributed by atoms with Crippen LogP contribution >= 0.6 is 0 Å². The van der Waals surface area contributed by atoms with E-state index in [0.29, 0.717) is 11.6 Å². The minimum Gasteiger partial charge on any atom is -0.669 e. The van der Waals surface area contributed by atoms with E-state index in [1.807, 2.05) is 37.3 Å². The highest BCUT2D eigenvalue weighted by molar-refractivity contribution is 5.83. The second-order valence-electron chi connectivity index (χ2n) is 10.8. The van der Waals surface area contributed by atoms with Gasteiger partial charge in [0.15, 0.2) is 0 Å². The van der Waals surface area contributed by atoms with E-state index < -0.39 is 16.9 Å². The molecule has 1 aliphatic rings. The Morgan fingerprint density at radius 1 is 1.00 bits per heavy atom. The lowest BCUT2D eigenvalue weighted by molar-refractivity contribution is -0.384. The smallest absolute Gasteiger partial charge is 0.295 e. The van der Waals surface area contributed by atoms with E-state index in [2.05, 4.69) is 45.0 Å². The number of ether oxygens (including phenoxy) is 1. The second kappa shape index (κ2) is 11.2. The largest absolute Gasteiger partial charge is 0.669 e. The summed E-state index contributed by atoms with van der Waals surface area (Å²) < 4.78 is 6.32. The van der Waals surface area contributed by atoms with Crippen molar-refractivity contribution in [3.8, 4) is 0 Å². The molecule has 1 saturated carbocycles. The van der Waals surface area contributed by atoms with Crippen molar-refractivity contribution in [1.82, 2.24) is 0 Å². The normalized spacial score (nSPS) is 20.6. The van der Waals surface area contributed by atoms with Crippen LogP contribution in [-0.2, 0) is 14.9 Å². The van der Waals surface area contributed by atoms with Crippen LogP contribution in [0.5, 0.6) is 0 Å². The lowest BCUT2D eigenvalue weighted by atomic mass is 9.64. The molecule has 1 aliphatic carbocycles. The Hall–Kier alpha value is -3.67. The fraction of sp³-hybridized carbons (Fsp3) is 0.387. The summed E-state index contributed by atoms with van der Waals surface area (Å²) in [5.41, 5.74) is 3.36. The first-order valence-corrected chi connectivity index (χ1v) is 12.9. The van der Waals surface area contributed by atoms with E-state index in [1.165, 1.54) is 17.7 Å². The van der Waals surface area contributed by atoms with E-state index in [-0.39, 0.29) is 23.1 Å². The molecule has 0 spiro atoms. The highest BCUT2D eigenvalue weighted by Crippen LogP contribution is 2.44. The molecule has 0 aliphatic heterocycles. The third-order valence-electron chi connectivity index (χ3n) is 7.72. The zero-order valence-corrected chi connectivity index (χ0v) is 22.0. The summed E-state index contributed by atoms with van der Waals surface area (Å²) in [6.07, 6.45) is 2.66. The number of hydrogen-bond acceptors (Lipinski definition) is 4. The number of esters is 1. The van der Waals surface area contributed by atoms with Crippen LogP contribution in [0.15, 0.2) is 78.9 Å². The van der Waals surface area contributed by atoms with Gasteiger partial charge in [0.1, 0.15) is 6.10 Å². The summed E-state index contributed by atoms with van der Waals surface area (Å²) in [6.45, 7) is 8.68. The molecule has 0 saturated heterocycles. The van der Waals surface area contributed by atoms with Gasteiger partial charge in [-0.2, -0.15) is 0 Å². The van der Waals surface area contributed by atoms with Crippen molar-refractivity contribution in [2.45, 2.75) is 64.5 Å². The van der Waals surface area contributed by atoms with E-state index >= 15 is 0 Å². The molecule has 4 atom stereocenters. The van der Waals surface area contributed by atoms with Gasteiger partial charge in [0, 0.05) is 24.1 Å². The first-order chi connectivity index (χ1) is 17.6. The van der Waals surface area contributed by atoms with Gasteiger partial charge in [-0.1, -0.05) is 105 Å². The number of nitro benzene ring substituents is 1. The van der Waals surface area contributed by atoms with Crippen molar-refractivity contribution in [1.29, 1.82) is 0 Å². The number of non-ortho nitro benzene ring substituents is 1. The summed E-state index contributed by atoms with van der Waals surface area (Å²) in [6, 6.07) is 23.2. The number of carbonyl (C=O) groups is 1. The van der Waals surface area contributed by atoms with Crippen LogP contribution in [0.3, 0.4) is 0 Å². The topological polar surface area (TPSA) is 83.5 Å². The summed E-state index contributed by atoms with van der Waals surface area (Å²) in [7, 11) is 0. The minimum absolute atomic E-state index is 0.0180. The molecule has 0 aromatic heterocycles. The predicted octanol–water partition coefficient (Wildman–Crippen LogP) is 7.98. The van der Waals surface area contributed by atoms with E-state index in [9.17, 15) is 14.9 Å². The fourth-order valence-electron chi connectivity index (χ4n) is 5.40. The number of carbonyl (C=O) groups excluding carboxylic acids is 1. The SMILES string of the molecule is Cc1ccc([C@@H]([N-]c2ccc([N+](=O)[O-])cc2)C(=O)O[C@@H]2C[C@H](C)CC[C@H]2C(C)(C)c2ccccc2)cc1. The highest BCUT2D eigenvalue weighted by atomic mass is 16.6. The molecule has 3 aromatic rings. The van der Waals surface area contributed by atoms with Crippen molar-refractivity contribution < 1.29 is 14.5 Å². The van der Waals surface area contributed by atoms with Crippen molar-refractivity contribution >= 4 is 17.3 Å². The molecule has 0 amide bonds. The molecule has 3 aromatic carbocycles. The monoisotopic (exact) mass is 499 g/mol. The molecule has 0 heterocycles. The van der Waals surface area contributed by atoms with Gasteiger partial charge in [-0.15, -0.1) is 5.69 Å². The Labute approximate surface area is 219 Å². The molecule has 37 heavy (non-hydrogen) atoms. The van der Waals surface area contributed by atoms with Gasteiger partial charge in [0.25, 0.3) is 11.7 Å². The first-order valence-electron chi connectivity index (χ1n) is 12.9. The van der Waals surface area contributed by atoms with Crippen LogP contribution in [-0.4, -0.2) is 17.0 Å². The lowest BCUT2D eigenvalue weighted by Gasteiger charge is -2.45.